The lowest BCUT2D eigenvalue weighted by Gasteiger charge is -2.13. The zero-order valence-electron chi connectivity index (χ0n) is 14.4. The highest BCUT2D eigenvalue weighted by atomic mass is 35.5. The number of ether oxygens (including phenoxy) is 1. The van der Waals surface area contributed by atoms with E-state index in [1.165, 1.54) is 18.3 Å². The highest BCUT2D eigenvalue weighted by Crippen LogP contribution is 2.23. The van der Waals surface area contributed by atoms with Crippen molar-refractivity contribution in [3.63, 3.8) is 0 Å². The van der Waals surface area contributed by atoms with E-state index in [4.69, 9.17) is 16.3 Å². The Balaban J connectivity index is 1.67. The minimum atomic E-state index is -0.899. The van der Waals surface area contributed by atoms with Gasteiger partial charge in [-0.05, 0) is 31.0 Å². The average Bonchev–Trinajstić information content (AvgIpc) is 3.07. The van der Waals surface area contributed by atoms with Crippen molar-refractivity contribution >= 4 is 40.6 Å². The number of hydrogen-bond donors (Lipinski definition) is 1. The Morgan fingerprint density at radius 3 is 2.50 bits per heavy atom. The molecule has 0 aliphatic heterocycles. The van der Waals surface area contributed by atoms with Gasteiger partial charge in [-0.3, -0.25) is 14.4 Å². The van der Waals surface area contributed by atoms with Gasteiger partial charge in [-0.2, -0.15) is 0 Å². The van der Waals surface area contributed by atoms with E-state index in [1.807, 2.05) is 30.3 Å². The number of benzene rings is 1. The van der Waals surface area contributed by atoms with Gasteiger partial charge in [0.15, 0.2) is 11.9 Å². The van der Waals surface area contributed by atoms with Gasteiger partial charge in [0.2, 0.25) is 0 Å². The zero-order chi connectivity index (χ0) is 18.9. The van der Waals surface area contributed by atoms with Crippen LogP contribution in [0, 0.1) is 0 Å². The lowest BCUT2D eigenvalue weighted by Crippen LogP contribution is -2.36. The highest BCUT2D eigenvalue weighted by Gasteiger charge is 2.18. The van der Waals surface area contributed by atoms with Crippen LogP contribution >= 0.6 is 22.9 Å². The third-order valence-corrected chi connectivity index (χ3v) is 4.91. The first-order valence-electron chi connectivity index (χ1n) is 8.25. The molecule has 5 nitrogen and oxygen atoms in total. The third kappa shape index (κ3) is 6.61. The van der Waals surface area contributed by atoms with E-state index in [9.17, 15) is 14.4 Å². The van der Waals surface area contributed by atoms with Crippen LogP contribution in [0.2, 0.25) is 4.34 Å². The lowest BCUT2D eigenvalue weighted by atomic mass is 10.1. The molecule has 1 unspecified atom stereocenters. The van der Waals surface area contributed by atoms with E-state index in [0.717, 1.165) is 5.56 Å². The summed E-state index contributed by atoms with van der Waals surface area (Å²) in [7, 11) is 0. The zero-order valence-corrected chi connectivity index (χ0v) is 15.9. The van der Waals surface area contributed by atoms with E-state index in [2.05, 4.69) is 5.32 Å². The molecule has 0 saturated heterocycles. The number of carbonyl (C=O) groups is 3. The van der Waals surface area contributed by atoms with Crippen molar-refractivity contribution in [2.75, 3.05) is 6.54 Å². The maximum atomic E-state index is 12.0. The Morgan fingerprint density at radius 1 is 1.12 bits per heavy atom. The van der Waals surface area contributed by atoms with Gasteiger partial charge in [-0.1, -0.05) is 41.9 Å². The van der Waals surface area contributed by atoms with Crippen molar-refractivity contribution in [3.05, 3.63) is 57.2 Å². The number of esters is 1. The predicted octanol–water partition coefficient (Wildman–Crippen LogP) is 3.66. The van der Waals surface area contributed by atoms with Gasteiger partial charge in [-0.25, -0.2) is 0 Å². The number of carbonyl (C=O) groups excluding carboxylic acids is 3. The molecule has 1 N–H and O–H groups in total. The maximum absolute atomic E-state index is 12.0. The van der Waals surface area contributed by atoms with Crippen molar-refractivity contribution in [2.45, 2.75) is 32.3 Å². The summed E-state index contributed by atoms with van der Waals surface area (Å²) in [4.78, 5) is 36.2. The smallest absolute Gasteiger partial charge is 0.307 e. The molecule has 0 saturated carbocycles. The summed E-state index contributed by atoms with van der Waals surface area (Å²) in [6.45, 7) is 1.97. The maximum Gasteiger partial charge on any atom is 0.307 e. The molecule has 1 heterocycles. The first kappa shape index (κ1) is 20.1. The van der Waals surface area contributed by atoms with Crippen LogP contribution in [0.5, 0.6) is 0 Å². The molecular weight excluding hydrogens is 374 g/mol. The molecular formula is C19H20ClNO4S. The normalized spacial score (nSPS) is 11.6. The SMILES string of the molecule is CC(OC(=O)CCC(=O)c1ccc(Cl)s1)C(=O)NCCc1ccccc1. The van der Waals surface area contributed by atoms with Crippen LogP contribution < -0.4 is 5.32 Å². The molecule has 138 valence electrons. The molecule has 0 aliphatic rings. The Morgan fingerprint density at radius 2 is 1.85 bits per heavy atom. The minimum absolute atomic E-state index is 0.0258. The van der Waals surface area contributed by atoms with Crippen molar-refractivity contribution in [1.29, 1.82) is 0 Å². The van der Waals surface area contributed by atoms with Gasteiger partial charge in [-0.15, -0.1) is 11.3 Å². The van der Waals surface area contributed by atoms with E-state index in [0.29, 0.717) is 22.2 Å². The van der Waals surface area contributed by atoms with E-state index >= 15 is 0 Å². The molecule has 1 atom stereocenters. The van der Waals surface area contributed by atoms with E-state index < -0.39 is 12.1 Å². The quantitative estimate of drug-likeness (QED) is 0.521. The Labute approximate surface area is 161 Å². The van der Waals surface area contributed by atoms with Crippen LogP contribution in [0.15, 0.2) is 42.5 Å². The molecule has 2 aromatic rings. The molecule has 26 heavy (non-hydrogen) atoms. The number of ketones is 1. The van der Waals surface area contributed by atoms with Crippen LogP contribution in [-0.4, -0.2) is 30.3 Å². The van der Waals surface area contributed by atoms with Gasteiger partial charge in [0.25, 0.3) is 5.91 Å². The van der Waals surface area contributed by atoms with Gasteiger partial charge in [0.05, 0.1) is 15.6 Å². The molecule has 0 aliphatic carbocycles. The summed E-state index contributed by atoms with van der Waals surface area (Å²) >= 11 is 6.96. The number of halogens is 1. The van der Waals surface area contributed by atoms with Gasteiger partial charge in [0, 0.05) is 13.0 Å². The van der Waals surface area contributed by atoms with Gasteiger partial charge in [0.1, 0.15) is 0 Å². The second kappa shape index (κ2) is 10.1. The first-order chi connectivity index (χ1) is 12.5. The topological polar surface area (TPSA) is 72.5 Å². The number of amides is 1. The van der Waals surface area contributed by atoms with Crippen LogP contribution in [0.25, 0.3) is 0 Å². The number of nitrogens with one attached hydrogen (secondary N) is 1. The van der Waals surface area contributed by atoms with Crippen LogP contribution in [0.4, 0.5) is 0 Å². The van der Waals surface area contributed by atoms with Crippen molar-refractivity contribution in [2.24, 2.45) is 0 Å². The number of rotatable bonds is 9. The third-order valence-electron chi connectivity index (χ3n) is 3.64. The molecule has 0 spiro atoms. The largest absolute Gasteiger partial charge is 0.453 e. The summed E-state index contributed by atoms with van der Waals surface area (Å²) < 4.78 is 5.61. The average molecular weight is 394 g/mol. The van der Waals surface area contributed by atoms with Gasteiger partial charge >= 0.3 is 5.97 Å². The second-order valence-corrected chi connectivity index (χ2v) is 7.40. The fourth-order valence-corrected chi connectivity index (χ4v) is 3.24. The monoisotopic (exact) mass is 393 g/mol. The molecule has 1 amide bonds. The Hall–Kier alpha value is -2.18. The minimum Gasteiger partial charge on any atom is -0.453 e. The summed E-state index contributed by atoms with van der Waals surface area (Å²) in [6.07, 6.45) is -0.247. The molecule has 2 rings (SSSR count). The Bertz CT molecular complexity index is 760. The summed E-state index contributed by atoms with van der Waals surface area (Å²) in [5.41, 5.74) is 1.12. The lowest BCUT2D eigenvalue weighted by molar-refractivity contribution is -0.154. The van der Waals surface area contributed by atoms with Gasteiger partial charge < -0.3 is 10.1 Å². The number of thiophene rings is 1. The molecule has 0 bridgehead atoms. The fraction of sp³-hybridized carbons (Fsp3) is 0.316. The summed E-state index contributed by atoms with van der Waals surface area (Å²) in [5.74, 6) is -1.10. The second-order valence-electron chi connectivity index (χ2n) is 5.69. The Kier molecular flexibility index (Phi) is 7.81. The van der Waals surface area contributed by atoms with Crippen LogP contribution in [-0.2, 0) is 20.7 Å². The summed E-state index contributed by atoms with van der Waals surface area (Å²) in [5, 5.41) is 2.73. The van der Waals surface area contributed by atoms with Crippen molar-refractivity contribution < 1.29 is 19.1 Å². The van der Waals surface area contributed by atoms with Crippen molar-refractivity contribution in [3.8, 4) is 0 Å². The number of Topliss-reactive ketones (excluding diaryl/α,β-unsaturated/α-hetero) is 1. The van der Waals surface area contributed by atoms with E-state index in [1.54, 1.807) is 12.1 Å². The highest BCUT2D eigenvalue weighted by molar-refractivity contribution is 7.18. The standard InChI is InChI=1S/C19H20ClNO4S/c1-13(19(24)21-12-11-14-5-3-2-4-6-14)25-18(23)10-7-15(22)16-8-9-17(20)26-16/h2-6,8-9,13H,7,10-12H2,1H3,(H,21,24). The molecule has 1 aromatic carbocycles. The summed E-state index contributed by atoms with van der Waals surface area (Å²) in [6, 6.07) is 13.0. The van der Waals surface area contributed by atoms with Crippen LogP contribution in [0.3, 0.4) is 0 Å². The fourth-order valence-electron chi connectivity index (χ4n) is 2.23. The number of hydrogen-bond acceptors (Lipinski definition) is 5. The van der Waals surface area contributed by atoms with Crippen LogP contribution in [0.1, 0.15) is 35.0 Å². The molecule has 0 fully saturated rings. The van der Waals surface area contributed by atoms with Crippen molar-refractivity contribution in [1.82, 2.24) is 5.32 Å². The molecule has 0 radical (unpaired) electrons. The molecule has 1 aromatic heterocycles. The van der Waals surface area contributed by atoms with E-state index in [-0.39, 0.29) is 24.5 Å². The first-order valence-corrected chi connectivity index (χ1v) is 9.45. The predicted molar refractivity (Wildman–Crippen MR) is 102 cm³/mol. The molecule has 7 heteroatoms.